The van der Waals surface area contributed by atoms with Crippen molar-refractivity contribution < 1.29 is 0 Å². The molecule has 3 heterocycles. The monoisotopic (exact) mass is 243 g/mol. The Morgan fingerprint density at radius 2 is 1.94 bits per heavy atom. The minimum atomic E-state index is -0.144. The zero-order valence-corrected chi connectivity index (χ0v) is 10.4. The lowest BCUT2D eigenvalue weighted by molar-refractivity contribution is 0.808. The first-order chi connectivity index (χ1) is 8.56. The predicted molar refractivity (Wildman–Crippen MR) is 68.0 cm³/mol. The highest BCUT2D eigenvalue weighted by atomic mass is 16.1. The van der Waals surface area contributed by atoms with Gasteiger partial charge in [-0.05, 0) is 38.5 Å². The maximum Gasteiger partial charge on any atom is 0.273 e. The SMILES string of the molecule is Cc1cc(C)n(-c2cc(C)c3c(=O)[nH][nH]c3n2)n1. The lowest BCUT2D eigenvalue weighted by atomic mass is 10.2. The summed E-state index contributed by atoms with van der Waals surface area (Å²) in [5.41, 5.74) is 3.24. The zero-order valence-electron chi connectivity index (χ0n) is 10.4. The van der Waals surface area contributed by atoms with E-state index in [1.54, 1.807) is 4.68 Å². The molecular formula is C12H13N5O. The van der Waals surface area contributed by atoms with Gasteiger partial charge in [0.25, 0.3) is 5.56 Å². The van der Waals surface area contributed by atoms with E-state index in [1.807, 2.05) is 32.9 Å². The molecule has 0 amide bonds. The number of nitrogens with zero attached hydrogens (tertiary/aromatic N) is 3. The molecule has 0 aliphatic rings. The van der Waals surface area contributed by atoms with Crippen molar-refractivity contribution >= 4 is 11.0 Å². The summed E-state index contributed by atoms with van der Waals surface area (Å²) >= 11 is 0. The molecule has 0 bridgehead atoms. The molecule has 0 saturated carbocycles. The van der Waals surface area contributed by atoms with Crippen LogP contribution in [-0.4, -0.2) is 25.0 Å². The van der Waals surface area contributed by atoms with Crippen LogP contribution in [0.3, 0.4) is 0 Å². The molecule has 18 heavy (non-hydrogen) atoms. The summed E-state index contributed by atoms with van der Waals surface area (Å²) in [6, 6.07) is 3.85. The molecule has 0 aliphatic carbocycles. The second-order valence-electron chi connectivity index (χ2n) is 4.44. The molecular weight excluding hydrogens is 230 g/mol. The van der Waals surface area contributed by atoms with Crippen molar-refractivity contribution in [2.24, 2.45) is 0 Å². The number of fused-ring (bicyclic) bond motifs is 1. The molecule has 0 saturated heterocycles. The molecule has 3 rings (SSSR count). The average molecular weight is 243 g/mol. The lowest BCUT2D eigenvalue weighted by Crippen LogP contribution is -2.04. The largest absolute Gasteiger partial charge is 0.281 e. The van der Waals surface area contributed by atoms with Crippen LogP contribution < -0.4 is 5.56 Å². The van der Waals surface area contributed by atoms with Crippen LogP contribution in [0, 0.1) is 20.8 Å². The first-order valence-corrected chi connectivity index (χ1v) is 5.68. The molecule has 3 aromatic heterocycles. The zero-order chi connectivity index (χ0) is 12.9. The van der Waals surface area contributed by atoms with E-state index in [0.29, 0.717) is 16.9 Å². The van der Waals surface area contributed by atoms with Crippen LogP contribution in [0.15, 0.2) is 16.9 Å². The normalized spacial score (nSPS) is 11.3. The topological polar surface area (TPSA) is 79.4 Å². The fraction of sp³-hybridized carbons (Fsp3) is 0.250. The number of rotatable bonds is 1. The molecule has 0 spiro atoms. The molecule has 0 aliphatic heterocycles. The van der Waals surface area contributed by atoms with Crippen LogP contribution in [0.4, 0.5) is 0 Å². The summed E-state index contributed by atoms with van der Waals surface area (Å²) in [5.74, 6) is 0.709. The number of hydrogen-bond acceptors (Lipinski definition) is 3. The summed E-state index contributed by atoms with van der Waals surface area (Å²) < 4.78 is 1.77. The Labute approximate surface area is 103 Å². The average Bonchev–Trinajstić information content (AvgIpc) is 2.82. The molecule has 0 atom stereocenters. The van der Waals surface area contributed by atoms with Gasteiger partial charge in [-0.1, -0.05) is 0 Å². The van der Waals surface area contributed by atoms with E-state index < -0.39 is 0 Å². The van der Waals surface area contributed by atoms with Gasteiger partial charge in [-0.25, -0.2) is 9.67 Å². The fourth-order valence-corrected chi connectivity index (χ4v) is 2.18. The second kappa shape index (κ2) is 3.56. The molecule has 0 unspecified atom stereocenters. The van der Waals surface area contributed by atoms with Crippen molar-refractivity contribution in [3.05, 3.63) is 39.4 Å². The number of H-pyrrole nitrogens is 2. The Morgan fingerprint density at radius 3 is 2.61 bits per heavy atom. The maximum atomic E-state index is 11.6. The number of nitrogens with one attached hydrogen (secondary N) is 2. The first-order valence-electron chi connectivity index (χ1n) is 5.68. The molecule has 6 nitrogen and oxygen atoms in total. The summed E-state index contributed by atoms with van der Waals surface area (Å²) in [5, 5.41) is 10.3. The number of aromatic amines is 2. The highest BCUT2D eigenvalue weighted by molar-refractivity contribution is 5.78. The third kappa shape index (κ3) is 1.46. The van der Waals surface area contributed by atoms with Gasteiger partial charge in [0, 0.05) is 5.69 Å². The van der Waals surface area contributed by atoms with Crippen molar-refractivity contribution in [2.75, 3.05) is 0 Å². The summed E-state index contributed by atoms with van der Waals surface area (Å²) in [6.45, 7) is 5.80. The minimum absolute atomic E-state index is 0.144. The Bertz CT molecular complexity index is 793. The van der Waals surface area contributed by atoms with Crippen molar-refractivity contribution in [1.82, 2.24) is 25.0 Å². The van der Waals surface area contributed by atoms with Gasteiger partial charge in [0.2, 0.25) is 0 Å². The first kappa shape index (κ1) is 10.8. The van der Waals surface area contributed by atoms with Gasteiger partial charge in [0.1, 0.15) is 0 Å². The van der Waals surface area contributed by atoms with Crippen LogP contribution in [-0.2, 0) is 0 Å². The second-order valence-corrected chi connectivity index (χ2v) is 4.44. The minimum Gasteiger partial charge on any atom is -0.281 e. The maximum absolute atomic E-state index is 11.6. The highest BCUT2D eigenvalue weighted by Gasteiger charge is 2.11. The van der Waals surface area contributed by atoms with E-state index >= 15 is 0 Å². The van der Waals surface area contributed by atoms with Crippen LogP contribution in [0.2, 0.25) is 0 Å². The molecule has 92 valence electrons. The van der Waals surface area contributed by atoms with Gasteiger partial charge in [0.05, 0.1) is 11.1 Å². The van der Waals surface area contributed by atoms with Crippen molar-refractivity contribution in [3.8, 4) is 5.82 Å². The van der Waals surface area contributed by atoms with Crippen LogP contribution in [0.1, 0.15) is 17.0 Å². The van der Waals surface area contributed by atoms with E-state index in [4.69, 9.17) is 0 Å². The van der Waals surface area contributed by atoms with E-state index in [0.717, 1.165) is 17.0 Å². The Morgan fingerprint density at radius 1 is 1.17 bits per heavy atom. The molecule has 2 N–H and O–H groups in total. The summed E-state index contributed by atoms with van der Waals surface area (Å²) in [4.78, 5) is 16.0. The molecule has 0 fully saturated rings. The van der Waals surface area contributed by atoms with Gasteiger partial charge < -0.3 is 0 Å². The standard InChI is InChI=1S/C12H13N5O/c1-6-4-9(17-8(3)5-7(2)16-17)13-11-10(6)12(18)15-14-11/h4-5H,1-3H3,(H2,13,14,15,18). The fourth-order valence-electron chi connectivity index (χ4n) is 2.18. The Hall–Kier alpha value is -2.37. The number of pyridine rings is 1. The quantitative estimate of drug-likeness (QED) is 0.677. The lowest BCUT2D eigenvalue weighted by Gasteiger charge is -2.04. The summed E-state index contributed by atoms with van der Waals surface area (Å²) in [6.07, 6.45) is 0. The number of aryl methyl sites for hydroxylation is 3. The Kier molecular flexibility index (Phi) is 2.13. The number of hydrogen-bond donors (Lipinski definition) is 2. The smallest absolute Gasteiger partial charge is 0.273 e. The molecule has 6 heteroatoms. The number of aromatic nitrogens is 5. The van der Waals surface area contributed by atoms with Gasteiger partial charge in [-0.15, -0.1) is 0 Å². The third-order valence-corrected chi connectivity index (χ3v) is 2.95. The van der Waals surface area contributed by atoms with Crippen LogP contribution in [0.25, 0.3) is 16.9 Å². The summed E-state index contributed by atoms with van der Waals surface area (Å²) in [7, 11) is 0. The van der Waals surface area contributed by atoms with Gasteiger partial charge in [-0.3, -0.25) is 15.0 Å². The van der Waals surface area contributed by atoms with Gasteiger partial charge in [-0.2, -0.15) is 5.10 Å². The van der Waals surface area contributed by atoms with Gasteiger partial charge in [0.15, 0.2) is 11.5 Å². The third-order valence-electron chi connectivity index (χ3n) is 2.95. The van der Waals surface area contributed by atoms with Crippen LogP contribution in [0.5, 0.6) is 0 Å². The van der Waals surface area contributed by atoms with E-state index in [9.17, 15) is 4.79 Å². The van der Waals surface area contributed by atoms with Crippen LogP contribution >= 0.6 is 0 Å². The predicted octanol–water partition coefficient (Wildman–Crippen LogP) is 1.36. The van der Waals surface area contributed by atoms with Gasteiger partial charge >= 0.3 is 0 Å². The molecule has 0 radical (unpaired) electrons. The highest BCUT2D eigenvalue weighted by Crippen LogP contribution is 2.16. The van der Waals surface area contributed by atoms with Crippen molar-refractivity contribution in [3.63, 3.8) is 0 Å². The van der Waals surface area contributed by atoms with Crippen molar-refractivity contribution in [2.45, 2.75) is 20.8 Å². The van der Waals surface area contributed by atoms with Crippen molar-refractivity contribution in [1.29, 1.82) is 0 Å². The van der Waals surface area contributed by atoms with E-state index in [2.05, 4.69) is 20.3 Å². The van der Waals surface area contributed by atoms with E-state index in [1.165, 1.54) is 0 Å². The molecule has 0 aromatic carbocycles. The Balaban J connectivity index is 2.31. The molecule has 3 aromatic rings. The van der Waals surface area contributed by atoms with E-state index in [-0.39, 0.29) is 5.56 Å².